The monoisotopic (exact) mass is 312 g/mol. The van der Waals surface area contributed by atoms with Gasteiger partial charge in [0.2, 0.25) is 0 Å². The molecule has 1 aliphatic rings. The van der Waals surface area contributed by atoms with Gasteiger partial charge in [-0.05, 0) is 64.1 Å². The van der Waals surface area contributed by atoms with Crippen LogP contribution in [0.25, 0.3) is 11.4 Å². The van der Waals surface area contributed by atoms with Crippen LogP contribution in [-0.4, -0.2) is 38.6 Å². The number of hydrogen-bond donors (Lipinski definition) is 0. The Labute approximate surface area is 139 Å². The van der Waals surface area contributed by atoms with Crippen LogP contribution < -0.4 is 0 Å². The first kappa shape index (κ1) is 16.2. The summed E-state index contributed by atoms with van der Waals surface area (Å²) in [5.74, 6) is 1.78. The Hall–Kier alpha value is -1.68. The molecule has 4 nitrogen and oxygen atoms in total. The van der Waals surface area contributed by atoms with Crippen LogP contribution in [0.1, 0.15) is 38.1 Å². The predicted octanol–water partition coefficient (Wildman–Crippen LogP) is 3.45. The molecule has 0 aromatic carbocycles. The molecule has 0 amide bonds. The van der Waals surface area contributed by atoms with Gasteiger partial charge in [-0.1, -0.05) is 6.07 Å². The van der Waals surface area contributed by atoms with Gasteiger partial charge in [0, 0.05) is 25.8 Å². The molecule has 1 atom stereocenters. The van der Waals surface area contributed by atoms with Gasteiger partial charge in [-0.3, -0.25) is 4.98 Å². The Morgan fingerprint density at radius 1 is 1.22 bits per heavy atom. The lowest BCUT2D eigenvalue weighted by Gasteiger charge is -2.35. The van der Waals surface area contributed by atoms with Gasteiger partial charge in [0.05, 0.1) is 17.6 Å². The summed E-state index contributed by atoms with van der Waals surface area (Å²) in [7, 11) is 2.04. The summed E-state index contributed by atoms with van der Waals surface area (Å²) in [4.78, 5) is 11.6. The molecule has 0 spiro atoms. The van der Waals surface area contributed by atoms with Gasteiger partial charge in [0.15, 0.2) is 0 Å². The number of likely N-dealkylation sites (tertiary alicyclic amines) is 1. The molecule has 1 fully saturated rings. The number of pyridine rings is 1. The van der Waals surface area contributed by atoms with Gasteiger partial charge < -0.3 is 9.47 Å². The lowest BCUT2D eigenvalue weighted by atomic mass is 9.91. The SMILES string of the molecule is Cc1ncc(-c2ccc(CC3CCCN(C(C)C)C3)cn2)n1C. The van der Waals surface area contributed by atoms with E-state index in [1.165, 1.54) is 31.5 Å². The van der Waals surface area contributed by atoms with Crippen molar-refractivity contribution in [2.75, 3.05) is 13.1 Å². The van der Waals surface area contributed by atoms with Crippen LogP contribution in [0.3, 0.4) is 0 Å². The van der Waals surface area contributed by atoms with E-state index >= 15 is 0 Å². The van der Waals surface area contributed by atoms with Crippen LogP contribution in [0.2, 0.25) is 0 Å². The van der Waals surface area contributed by atoms with Crippen molar-refractivity contribution in [1.29, 1.82) is 0 Å². The fourth-order valence-electron chi connectivity index (χ4n) is 3.50. The normalized spacial score (nSPS) is 19.4. The van der Waals surface area contributed by atoms with E-state index in [-0.39, 0.29) is 0 Å². The van der Waals surface area contributed by atoms with Gasteiger partial charge in [-0.15, -0.1) is 0 Å². The van der Waals surface area contributed by atoms with E-state index in [0.29, 0.717) is 6.04 Å². The maximum Gasteiger partial charge on any atom is 0.105 e. The van der Waals surface area contributed by atoms with Crippen LogP contribution in [-0.2, 0) is 13.5 Å². The van der Waals surface area contributed by atoms with Crippen LogP contribution in [0.5, 0.6) is 0 Å². The highest BCUT2D eigenvalue weighted by atomic mass is 15.2. The average molecular weight is 312 g/mol. The van der Waals surface area contributed by atoms with E-state index < -0.39 is 0 Å². The minimum atomic E-state index is 0.659. The molecule has 124 valence electrons. The lowest BCUT2D eigenvalue weighted by molar-refractivity contribution is 0.139. The molecule has 23 heavy (non-hydrogen) atoms. The Morgan fingerprint density at radius 2 is 2.04 bits per heavy atom. The van der Waals surface area contributed by atoms with Crippen molar-refractivity contribution in [3.8, 4) is 11.4 Å². The van der Waals surface area contributed by atoms with E-state index in [1.54, 1.807) is 0 Å². The minimum absolute atomic E-state index is 0.659. The number of rotatable bonds is 4. The van der Waals surface area contributed by atoms with Gasteiger partial charge in [0.1, 0.15) is 5.82 Å². The van der Waals surface area contributed by atoms with Gasteiger partial charge in [0.25, 0.3) is 0 Å². The maximum atomic E-state index is 4.67. The molecule has 3 rings (SSSR count). The van der Waals surface area contributed by atoms with Crippen molar-refractivity contribution in [2.45, 2.75) is 46.1 Å². The highest BCUT2D eigenvalue weighted by molar-refractivity contribution is 5.54. The third-order valence-corrected chi connectivity index (χ3v) is 5.11. The van der Waals surface area contributed by atoms with Gasteiger partial charge in [-0.25, -0.2) is 4.98 Å². The third-order valence-electron chi connectivity index (χ3n) is 5.11. The Morgan fingerprint density at radius 3 is 2.65 bits per heavy atom. The summed E-state index contributed by atoms with van der Waals surface area (Å²) in [5.41, 5.74) is 3.44. The zero-order valence-electron chi connectivity index (χ0n) is 14.8. The number of piperidine rings is 1. The molecular weight excluding hydrogens is 284 g/mol. The average Bonchev–Trinajstić information content (AvgIpc) is 2.88. The van der Waals surface area contributed by atoms with Crippen LogP contribution >= 0.6 is 0 Å². The molecule has 0 radical (unpaired) electrons. The summed E-state index contributed by atoms with van der Waals surface area (Å²) in [6.45, 7) is 9.09. The predicted molar refractivity (Wildman–Crippen MR) is 94.3 cm³/mol. The topological polar surface area (TPSA) is 34.0 Å². The molecule has 3 heterocycles. The second-order valence-corrected chi connectivity index (χ2v) is 7.10. The molecule has 0 bridgehead atoms. The molecule has 1 saturated heterocycles. The first-order valence-electron chi connectivity index (χ1n) is 8.72. The van der Waals surface area contributed by atoms with Crippen LogP contribution in [0.4, 0.5) is 0 Å². The molecule has 1 aliphatic heterocycles. The van der Waals surface area contributed by atoms with Crippen LogP contribution in [0.15, 0.2) is 24.5 Å². The van der Waals surface area contributed by atoms with Crippen molar-refractivity contribution in [1.82, 2.24) is 19.4 Å². The molecule has 2 aromatic rings. The summed E-state index contributed by atoms with van der Waals surface area (Å²) in [6, 6.07) is 5.03. The fraction of sp³-hybridized carbons (Fsp3) is 0.579. The lowest BCUT2D eigenvalue weighted by Crippen LogP contribution is -2.40. The van der Waals surface area contributed by atoms with E-state index in [1.807, 2.05) is 26.4 Å². The molecule has 4 heteroatoms. The Balaban J connectivity index is 1.67. The molecular formula is C19H28N4. The summed E-state index contributed by atoms with van der Waals surface area (Å²) >= 11 is 0. The fourth-order valence-corrected chi connectivity index (χ4v) is 3.50. The van der Waals surface area contributed by atoms with E-state index in [0.717, 1.165) is 29.6 Å². The van der Waals surface area contributed by atoms with Gasteiger partial charge >= 0.3 is 0 Å². The van der Waals surface area contributed by atoms with Crippen molar-refractivity contribution in [3.63, 3.8) is 0 Å². The minimum Gasteiger partial charge on any atom is -0.330 e. The van der Waals surface area contributed by atoms with Crippen molar-refractivity contribution < 1.29 is 0 Å². The molecule has 0 saturated carbocycles. The molecule has 0 N–H and O–H groups in total. The summed E-state index contributed by atoms with van der Waals surface area (Å²) < 4.78 is 2.09. The number of imidazole rings is 1. The second-order valence-electron chi connectivity index (χ2n) is 7.10. The number of aryl methyl sites for hydroxylation is 1. The summed E-state index contributed by atoms with van der Waals surface area (Å²) in [6.07, 6.45) is 7.75. The maximum absolute atomic E-state index is 4.67. The highest BCUT2D eigenvalue weighted by Gasteiger charge is 2.21. The number of nitrogens with zero attached hydrogens (tertiary/aromatic N) is 4. The second kappa shape index (κ2) is 6.83. The largest absolute Gasteiger partial charge is 0.330 e. The zero-order chi connectivity index (χ0) is 16.4. The van der Waals surface area contributed by atoms with Crippen molar-refractivity contribution in [3.05, 3.63) is 35.9 Å². The standard InChI is InChI=1S/C19H28N4/c1-14(2)23-9-5-6-17(13-23)10-16-7-8-18(21-11-16)19-12-20-15(3)22(19)4/h7-8,11-12,14,17H,5-6,9-10,13H2,1-4H3. The van der Waals surface area contributed by atoms with Crippen LogP contribution in [0, 0.1) is 12.8 Å². The van der Waals surface area contributed by atoms with Gasteiger partial charge in [-0.2, -0.15) is 0 Å². The van der Waals surface area contributed by atoms with E-state index in [4.69, 9.17) is 0 Å². The quantitative estimate of drug-likeness (QED) is 0.867. The third kappa shape index (κ3) is 3.63. The van der Waals surface area contributed by atoms with Crippen molar-refractivity contribution in [2.24, 2.45) is 13.0 Å². The Kier molecular flexibility index (Phi) is 4.81. The number of hydrogen-bond acceptors (Lipinski definition) is 3. The van der Waals surface area contributed by atoms with Crippen molar-refractivity contribution >= 4 is 0 Å². The zero-order valence-corrected chi connectivity index (χ0v) is 14.8. The first-order chi connectivity index (χ1) is 11.0. The first-order valence-corrected chi connectivity index (χ1v) is 8.72. The Bertz CT molecular complexity index is 642. The smallest absolute Gasteiger partial charge is 0.105 e. The summed E-state index contributed by atoms with van der Waals surface area (Å²) in [5, 5.41) is 0. The number of aromatic nitrogens is 3. The highest BCUT2D eigenvalue weighted by Crippen LogP contribution is 2.23. The molecule has 1 unspecified atom stereocenters. The van der Waals surface area contributed by atoms with E-state index in [2.05, 4.69) is 45.4 Å². The molecule has 0 aliphatic carbocycles. The molecule has 2 aromatic heterocycles. The van der Waals surface area contributed by atoms with E-state index in [9.17, 15) is 0 Å².